The standard InChI is InChI=1S/C28H46N7O17P3S/c1-5-6-7-16(2)27(40)56-11-10-30-18(36)8-9-31-25(39)22(38)28(3,4)13-49-55(46,47)52-54(44,45)48-12-17-21(51-53(41,42)43)20(37)26(50-17)35-15-34-19-23(29)32-14-33-24(19)35/h7,14-15,17,20-22,26,37-38H,5-6,8-13H2,1-4H3,(H,30,36)(H,31,39)(H,44,45)(H,46,47)(H2,29,32,33)(H2,41,42,43)/b16-7+/t17-,20-,21-,22+,26-/m1/s1. The summed E-state index contributed by atoms with van der Waals surface area (Å²) >= 11 is 1.06. The van der Waals surface area contributed by atoms with Crippen molar-refractivity contribution in [3.63, 3.8) is 0 Å². The molecule has 24 nitrogen and oxygen atoms in total. The summed E-state index contributed by atoms with van der Waals surface area (Å²) in [4.78, 5) is 87.6. The smallest absolute Gasteiger partial charge is 0.386 e. The number of aliphatic hydroxyl groups excluding tert-OH is 2. The predicted molar refractivity (Wildman–Crippen MR) is 196 cm³/mol. The highest BCUT2D eigenvalue weighted by Gasteiger charge is 2.50. The van der Waals surface area contributed by atoms with E-state index in [4.69, 9.17) is 19.5 Å². The van der Waals surface area contributed by atoms with Crippen LogP contribution in [0.5, 0.6) is 0 Å². The number of aliphatic hydroxyl groups is 2. The number of nitrogens with one attached hydrogen (secondary N) is 2. The molecule has 0 aliphatic carbocycles. The molecule has 0 aromatic carbocycles. The number of nitrogens with zero attached hydrogens (tertiary/aromatic N) is 4. The van der Waals surface area contributed by atoms with Crippen molar-refractivity contribution in [2.75, 3.05) is 37.8 Å². The second-order valence-corrected chi connectivity index (χ2v) is 18.2. The molecule has 2 aromatic heterocycles. The number of phosphoric ester groups is 3. The Morgan fingerprint density at radius 2 is 1.77 bits per heavy atom. The summed E-state index contributed by atoms with van der Waals surface area (Å²) in [5.41, 5.74) is 4.90. The number of carbonyl (C=O) groups is 3. The number of aromatic nitrogens is 4. The molecule has 1 saturated heterocycles. The molecule has 2 amide bonds. The summed E-state index contributed by atoms with van der Waals surface area (Å²) in [5.74, 6) is -1.12. The number of allylic oxidation sites excluding steroid dienone is 1. The highest BCUT2D eigenvalue weighted by Crippen LogP contribution is 2.61. The number of imidazole rings is 1. The number of thioether (sulfide) groups is 1. The fourth-order valence-electron chi connectivity index (χ4n) is 4.83. The fraction of sp³-hybridized carbons (Fsp3) is 0.643. The SMILES string of the molecule is CCC/C=C(\C)C(=O)SCCNC(=O)CCNC(=O)[C@H](O)C(C)(C)COP(=O)(O)OP(=O)(O)OC[C@H]1O[C@@H](n2cnc3c(N)ncnc32)[C@H](O)[C@@H]1OP(=O)(O)O. The van der Waals surface area contributed by atoms with Gasteiger partial charge in [0.1, 0.15) is 36.3 Å². The van der Waals surface area contributed by atoms with E-state index in [1.165, 1.54) is 13.8 Å². The van der Waals surface area contributed by atoms with Crippen LogP contribution in [0, 0.1) is 5.41 Å². The third kappa shape index (κ3) is 14.3. The first-order valence-corrected chi connectivity index (χ1v) is 22.2. The molecule has 7 atom stereocenters. The van der Waals surface area contributed by atoms with Crippen molar-refractivity contribution in [3.8, 4) is 0 Å². The third-order valence-corrected chi connectivity index (χ3v) is 11.9. The van der Waals surface area contributed by atoms with Gasteiger partial charge in [-0.3, -0.25) is 32.5 Å². The molecule has 28 heteroatoms. The van der Waals surface area contributed by atoms with Gasteiger partial charge in [-0.05, 0) is 18.9 Å². The molecule has 1 fully saturated rings. The van der Waals surface area contributed by atoms with Gasteiger partial charge in [-0.15, -0.1) is 0 Å². The van der Waals surface area contributed by atoms with Gasteiger partial charge < -0.3 is 50.9 Å². The largest absolute Gasteiger partial charge is 0.481 e. The molecule has 2 aromatic rings. The van der Waals surface area contributed by atoms with E-state index in [1.807, 2.05) is 13.0 Å². The maximum Gasteiger partial charge on any atom is 0.481 e. The molecular weight excluding hydrogens is 831 g/mol. The van der Waals surface area contributed by atoms with Gasteiger partial charge in [0.15, 0.2) is 17.7 Å². The first-order valence-electron chi connectivity index (χ1n) is 16.7. The van der Waals surface area contributed by atoms with Gasteiger partial charge in [-0.1, -0.05) is 45.0 Å². The van der Waals surface area contributed by atoms with E-state index in [0.717, 1.165) is 41.8 Å². The zero-order valence-corrected chi connectivity index (χ0v) is 34.1. The van der Waals surface area contributed by atoms with Crippen LogP contribution < -0.4 is 16.4 Å². The van der Waals surface area contributed by atoms with E-state index < -0.39 is 84.6 Å². The molecule has 10 N–H and O–H groups in total. The second-order valence-electron chi connectivity index (χ2n) is 12.9. The monoisotopic (exact) mass is 877 g/mol. The highest BCUT2D eigenvalue weighted by atomic mass is 32.2. The van der Waals surface area contributed by atoms with Crippen LogP contribution in [0.25, 0.3) is 11.2 Å². The Morgan fingerprint density at radius 3 is 2.43 bits per heavy atom. The molecule has 0 radical (unpaired) electrons. The Kier molecular flexibility index (Phi) is 17.3. The van der Waals surface area contributed by atoms with Gasteiger partial charge in [0.25, 0.3) is 0 Å². The van der Waals surface area contributed by atoms with E-state index in [2.05, 4.69) is 34.4 Å². The van der Waals surface area contributed by atoms with Crippen LogP contribution in [-0.4, -0.2) is 123 Å². The number of nitrogen functional groups attached to an aromatic ring is 1. The average molecular weight is 878 g/mol. The lowest BCUT2D eigenvalue weighted by atomic mass is 9.87. The van der Waals surface area contributed by atoms with E-state index in [0.29, 0.717) is 11.3 Å². The molecule has 0 bridgehead atoms. The van der Waals surface area contributed by atoms with E-state index in [-0.39, 0.29) is 41.6 Å². The third-order valence-electron chi connectivity index (χ3n) is 7.80. The van der Waals surface area contributed by atoms with Crippen molar-refractivity contribution in [2.45, 2.75) is 77.6 Å². The summed E-state index contributed by atoms with van der Waals surface area (Å²) in [5, 5.41) is 26.3. The number of unbranched alkanes of at least 4 members (excludes halogenated alkanes) is 1. The highest BCUT2D eigenvalue weighted by molar-refractivity contribution is 8.14. The number of phosphoric acid groups is 3. The molecular formula is C28H46N7O17P3S. The van der Waals surface area contributed by atoms with Crippen molar-refractivity contribution in [3.05, 3.63) is 24.3 Å². The number of ether oxygens (including phenoxy) is 1. The first kappa shape index (κ1) is 47.7. The first-order chi connectivity index (χ1) is 26.0. The number of rotatable bonds is 22. The lowest BCUT2D eigenvalue weighted by molar-refractivity contribution is -0.137. The van der Waals surface area contributed by atoms with Crippen LogP contribution in [0.3, 0.4) is 0 Å². The minimum Gasteiger partial charge on any atom is -0.386 e. The number of amides is 2. The minimum absolute atomic E-state index is 0.0306. The summed E-state index contributed by atoms with van der Waals surface area (Å²) in [6, 6.07) is 0. The maximum absolute atomic E-state index is 12.7. The van der Waals surface area contributed by atoms with Gasteiger partial charge in [0.05, 0.1) is 19.5 Å². The summed E-state index contributed by atoms with van der Waals surface area (Å²) in [7, 11) is -16.4. The lowest BCUT2D eigenvalue weighted by Crippen LogP contribution is -2.46. The van der Waals surface area contributed by atoms with Gasteiger partial charge in [-0.2, -0.15) is 4.31 Å². The summed E-state index contributed by atoms with van der Waals surface area (Å²) in [6.45, 7) is 4.21. The number of carbonyl (C=O) groups excluding carboxylic acids is 3. The van der Waals surface area contributed by atoms with Crippen LogP contribution in [-0.2, 0) is 50.7 Å². The van der Waals surface area contributed by atoms with Crippen molar-refractivity contribution in [1.29, 1.82) is 0 Å². The molecule has 0 spiro atoms. The molecule has 0 saturated carbocycles. The molecule has 1 aliphatic heterocycles. The number of anilines is 1. The number of hydrogen-bond donors (Lipinski definition) is 9. The van der Waals surface area contributed by atoms with Crippen molar-refractivity contribution in [1.82, 2.24) is 30.2 Å². The van der Waals surface area contributed by atoms with Gasteiger partial charge in [-0.25, -0.2) is 28.6 Å². The molecule has 3 rings (SSSR count). The summed E-state index contributed by atoms with van der Waals surface area (Å²) in [6.07, 6.45) is -3.36. The van der Waals surface area contributed by atoms with Gasteiger partial charge in [0, 0.05) is 30.7 Å². The van der Waals surface area contributed by atoms with Crippen molar-refractivity contribution >= 4 is 69.1 Å². The molecule has 2 unspecified atom stereocenters. The molecule has 1 aliphatic rings. The van der Waals surface area contributed by atoms with Crippen LogP contribution >= 0.6 is 35.2 Å². The van der Waals surface area contributed by atoms with Crippen molar-refractivity contribution < 1.29 is 80.5 Å². The van der Waals surface area contributed by atoms with Crippen LogP contribution in [0.4, 0.5) is 5.82 Å². The Balaban J connectivity index is 1.49. The molecule has 56 heavy (non-hydrogen) atoms. The zero-order valence-electron chi connectivity index (χ0n) is 30.6. The van der Waals surface area contributed by atoms with Gasteiger partial charge >= 0.3 is 23.5 Å². The Bertz CT molecular complexity index is 1880. The quantitative estimate of drug-likeness (QED) is 0.0439. The summed E-state index contributed by atoms with van der Waals surface area (Å²) < 4.78 is 62.1. The Labute approximate surface area is 324 Å². The van der Waals surface area contributed by atoms with Crippen molar-refractivity contribution in [2.24, 2.45) is 5.41 Å². The topological polar surface area (TPSA) is 364 Å². The second kappa shape index (κ2) is 20.3. The normalized spacial score (nSPS) is 22.0. The Morgan fingerprint density at radius 1 is 1.09 bits per heavy atom. The predicted octanol–water partition coefficient (Wildman–Crippen LogP) is 0.411. The Hall–Kier alpha value is -2.70. The van der Waals surface area contributed by atoms with Crippen LogP contribution in [0.2, 0.25) is 0 Å². The number of fused-ring (bicyclic) bond motifs is 1. The minimum atomic E-state index is -5.57. The molecule has 3 heterocycles. The molecule has 316 valence electrons. The van der Waals surface area contributed by atoms with Gasteiger partial charge in [0.2, 0.25) is 16.9 Å². The van der Waals surface area contributed by atoms with E-state index >= 15 is 0 Å². The van der Waals surface area contributed by atoms with E-state index in [9.17, 15) is 57.9 Å². The average Bonchev–Trinajstić information content (AvgIpc) is 3.66. The number of hydrogen-bond acceptors (Lipinski definition) is 18. The van der Waals surface area contributed by atoms with Crippen LogP contribution in [0.1, 0.15) is 53.2 Å². The maximum atomic E-state index is 12.7. The fourth-order valence-corrected chi connectivity index (χ4v) is 8.36. The number of nitrogens with two attached hydrogens (primary N) is 1. The lowest BCUT2D eigenvalue weighted by Gasteiger charge is -2.30. The van der Waals surface area contributed by atoms with Crippen LogP contribution in [0.15, 0.2) is 24.3 Å². The zero-order chi connectivity index (χ0) is 42.1. The van der Waals surface area contributed by atoms with E-state index in [1.54, 1.807) is 6.92 Å².